The number of fused-ring (bicyclic) bond motifs is 6. The van der Waals surface area contributed by atoms with Crippen LogP contribution in [0.25, 0.3) is 11.0 Å². The number of nitrogens with zero attached hydrogens (tertiary/aromatic N) is 2. The van der Waals surface area contributed by atoms with Crippen LogP contribution < -0.4 is 19.8 Å². The van der Waals surface area contributed by atoms with E-state index in [2.05, 4.69) is 0 Å². The van der Waals surface area contributed by atoms with Crippen molar-refractivity contribution in [2.24, 2.45) is 0 Å². The van der Waals surface area contributed by atoms with Crippen molar-refractivity contribution in [1.82, 2.24) is 4.90 Å². The molecule has 0 radical (unpaired) electrons. The molecule has 0 saturated heterocycles. The van der Waals surface area contributed by atoms with E-state index in [-0.39, 0.29) is 42.2 Å². The predicted octanol–water partition coefficient (Wildman–Crippen LogP) is 5.42. The second-order valence-corrected chi connectivity index (χ2v) is 10.9. The summed E-state index contributed by atoms with van der Waals surface area (Å²) >= 11 is 0. The lowest BCUT2D eigenvalue weighted by atomic mass is 9.83. The van der Waals surface area contributed by atoms with E-state index < -0.39 is 28.6 Å². The average Bonchev–Trinajstić information content (AvgIpc) is 3.65. The Morgan fingerprint density at radius 3 is 2.51 bits per heavy atom. The van der Waals surface area contributed by atoms with Crippen molar-refractivity contribution in [3.63, 3.8) is 0 Å². The quantitative estimate of drug-likeness (QED) is 0.285. The fourth-order valence-electron chi connectivity index (χ4n) is 6.52. The van der Waals surface area contributed by atoms with E-state index in [0.29, 0.717) is 28.3 Å². The van der Waals surface area contributed by atoms with Gasteiger partial charge in [0.05, 0.1) is 23.2 Å². The Hall–Kier alpha value is -5.44. The fraction of sp³-hybridized carbons (Fsp3) is 0.147. The number of hydrogen-bond acceptors (Lipinski definition) is 6. The van der Waals surface area contributed by atoms with Crippen LogP contribution in [0.2, 0.25) is 0 Å². The molecule has 0 N–H and O–H groups in total. The molecule has 8 rings (SSSR count). The highest BCUT2D eigenvalue weighted by Crippen LogP contribution is 2.53. The van der Waals surface area contributed by atoms with E-state index in [4.69, 9.17) is 13.9 Å². The van der Waals surface area contributed by atoms with Crippen molar-refractivity contribution < 1.29 is 27.9 Å². The third-order valence-electron chi connectivity index (χ3n) is 8.57. The number of hydrogen-bond donors (Lipinski definition) is 0. The molecule has 4 heterocycles. The SMILES string of the molecule is Cc1ccccc1CN1C(=O)C2(c3ccccc31)c1c(oc3ccc(F)cc3c1=O)C(=O)N2Cc1ccc2c(c1)OCO2. The Labute approximate surface area is 244 Å². The number of rotatable bonds is 4. The highest BCUT2D eigenvalue weighted by atomic mass is 19.1. The highest BCUT2D eigenvalue weighted by molar-refractivity contribution is 6.17. The molecule has 2 amide bonds. The summed E-state index contributed by atoms with van der Waals surface area (Å²) in [7, 11) is 0. The minimum atomic E-state index is -1.84. The smallest absolute Gasteiger partial charge is 0.291 e. The maximum atomic E-state index is 15.0. The van der Waals surface area contributed by atoms with Crippen molar-refractivity contribution in [3.8, 4) is 11.5 Å². The van der Waals surface area contributed by atoms with E-state index in [9.17, 15) is 18.8 Å². The van der Waals surface area contributed by atoms with E-state index >= 15 is 0 Å². The first-order valence-corrected chi connectivity index (χ1v) is 13.8. The first-order chi connectivity index (χ1) is 20.9. The first kappa shape index (κ1) is 25.3. The summed E-state index contributed by atoms with van der Waals surface area (Å²) in [5.41, 5.74) is 1.11. The monoisotopic (exact) mass is 574 g/mol. The van der Waals surface area contributed by atoms with Gasteiger partial charge in [-0.3, -0.25) is 14.4 Å². The minimum Gasteiger partial charge on any atom is -0.454 e. The van der Waals surface area contributed by atoms with Crippen LogP contribution in [0, 0.1) is 12.7 Å². The van der Waals surface area contributed by atoms with Crippen LogP contribution in [0.4, 0.5) is 10.1 Å². The molecule has 1 unspecified atom stereocenters. The molecule has 43 heavy (non-hydrogen) atoms. The maximum Gasteiger partial charge on any atom is 0.291 e. The van der Waals surface area contributed by atoms with Crippen LogP contribution in [0.3, 0.4) is 0 Å². The number of benzene rings is 4. The van der Waals surface area contributed by atoms with Crippen molar-refractivity contribution >= 4 is 28.5 Å². The molecule has 8 nitrogen and oxygen atoms in total. The number of anilines is 1. The van der Waals surface area contributed by atoms with Gasteiger partial charge in [0.15, 0.2) is 22.5 Å². The summed E-state index contributed by atoms with van der Waals surface area (Å²) < 4.78 is 31.4. The normalized spacial score (nSPS) is 18.2. The van der Waals surface area contributed by atoms with Crippen molar-refractivity contribution in [2.45, 2.75) is 25.6 Å². The molecule has 5 aromatic rings. The van der Waals surface area contributed by atoms with Crippen molar-refractivity contribution in [3.05, 3.63) is 135 Å². The molecule has 3 aliphatic heterocycles. The van der Waals surface area contributed by atoms with Gasteiger partial charge in [-0.05, 0) is 60.0 Å². The molecule has 0 aliphatic carbocycles. The number of amides is 2. The largest absolute Gasteiger partial charge is 0.454 e. The maximum absolute atomic E-state index is 15.0. The second-order valence-electron chi connectivity index (χ2n) is 10.9. The van der Waals surface area contributed by atoms with Crippen LogP contribution >= 0.6 is 0 Å². The van der Waals surface area contributed by atoms with Gasteiger partial charge in [0.25, 0.3) is 11.8 Å². The molecular formula is C34H23FN2O6. The molecule has 0 fully saturated rings. The summed E-state index contributed by atoms with van der Waals surface area (Å²) in [6, 6.07) is 23.7. The lowest BCUT2D eigenvalue weighted by Gasteiger charge is -2.34. The molecular weight excluding hydrogens is 551 g/mol. The lowest BCUT2D eigenvalue weighted by molar-refractivity contribution is -0.126. The predicted molar refractivity (Wildman–Crippen MR) is 154 cm³/mol. The number of carbonyl (C=O) groups is 2. The third kappa shape index (κ3) is 3.45. The van der Waals surface area contributed by atoms with E-state index in [1.165, 1.54) is 11.0 Å². The third-order valence-corrected chi connectivity index (χ3v) is 8.57. The topological polar surface area (TPSA) is 89.3 Å². The Morgan fingerprint density at radius 1 is 0.860 bits per heavy atom. The Morgan fingerprint density at radius 2 is 1.65 bits per heavy atom. The van der Waals surface area contributed by atoms with Crippen molar-refractivity contribution in [1.29, 1.82) is 0 Å². The molecule has 4 aromatic carbocycles. The number of aryl methyl sites for hydroxylation is 1. The van der Waals surface area contributed by atoms with Gasteiger partial charge in [0.2, 0.25) is 12.6 Å². The van der Waals surface area contributed by atoms with Crippen molar-refractivity contribution in [2.75, 3.05) is 11.7 Å². The Bertz CT molecular complexity index is 2090. The van der Waals surface area contributed by atoms with Crippen LogP contribution in [0.5, 0.6) is 11.5 Å². The highest BCUT2D eigenvalue weighted by Gasteiger charge is 2.65. The summed E-state index contributed by atoms with van der Waals surface area (Å²) in [4.78, 5) is 46.6. The number of para-hydroxylation sites is 1. The summed E-state index contributed by atoms with van der Waals surface area (Å²) in [5, 5.41) is -0.0431. The van der Waals surface area contributed by atoms with Gasteiger partial charge in [0, 0.05) is 12.1 Å². The average molecular weight is 575 g/mol. The molecule has 212 valence electrons. The van der Waals surface area contributed by atoms with Gasteiger partial charge >= 0.3 is 0 Å². The molecule has 1 spiro atoms. The van der Waals surface area contributed by atoms with Gasteiger partial charge in [-0.15, -0.1) is 0 Å². The zero-order chi connectivity index (χ0) is 29.5. The van der Waals surface area contributed by atoms with Gasteiger partial charge in [-0.1, -0.05) is 48.5 Å². The number of ether oxygens (including phenoxy) is 2. The molecule has 0 bridgehead atoms. The first-order valence-electron chi connectivity index (χ1n) is 13.8. The molecule has 9 heteroatoms. The fourth-order valence-corrected chi connectivity index (χ4v) is 6.52. The Balaban J connectivity index is 1.39. The summed E-state index contributed by atoms with van der Waals surface area (Å²) in [6.45, 7) is 2.23. The van der Waals surface area contributed by atoms with Gasteiger partial charge in [-0.2, -0.15) is 0 Å². The Kier molecular flexibility index (Phi) is 5.31. The van der Waals surface area contributed by atoms with Crippen LogP contribution in [0.1, 0.15) is 38.4 Å². The van der Waals surface area contributed by atoms with Gasteiger partial charge in [0.1, 0.15) is 11.4 Å². The zero-order valence-corrected chi connectivity index (χ0v) is 22.9. The molecule has 1 atom stereocenters. The lowest BCUT2D eigenvalue weighted by Crippen LogP contribution is -2.53. The van der Waals surface area contributed by atoms with Crippen LogP contribution in [0.15, 0.2) is 94.1 Å². The minimum absolute atomic E-state index is 0.0396. The number of carbonyl (C=O) groups excluding carboxylic acids is 2. The summed E-state index contributed by atoms with van der Waals surface area (Å²) in [6.07, 6.45) is 0. The second kappa shape index (κ2) is 9.03. The molecule has 0 saturated carbocycles. The number of halogens is 1. The van der Waals surface area contributed by atoms with Crippen LogP contribution in [-0.4, -0.2) is 23.5 Å². The van der Waals surface area contributed by atoms with E-state index in [0.717, 1.165) is 23.3 Å². The van der Waals surface area contributed by atoms with Gasteiger partial charge < -0.3 is 23.7 Å². The van der Waals surface area contributed by atoms with Gasteiger partial charge in [-0.25, -0.2) is 4.39 Å². The molecule has 3 aliphatic rings. The van der Waals surface area contributed by atoms with E-state index in [1.807, 2.05) is 43.3 Å². The summed E-state index contributed by atoms with van der Waals surface area (Å²) in [5.74, 6) is -0.845. The standard InChI is InChI=1S/C34H23FN2O6/c1-19-6-2-3-7-21(19)17-36-25-9-5-4-8-24(25)34(33(36)40)29-30(38)23-15-22(35)11-13-26(23)43-31(29)32(39)37(34)16-20-10-12-27-28(14-20)42-18-41-27/h2-15H,16-18H2,1H3. The molecule has 1 aromatic heterocycles. The van der Waals surface area contributed by atoms with Crippen LogP contribution in [-0.2, 0) is 23.4 Å². The zero-order valence-electron chi connectivity index (χ0n) is 22.9. The van der Waals surface area contributed by atoms with E-state index in [1.54, 1.807) is 35.2 Å².